The molecule has 0 aliphatic carbocycles. The number of aliphatic imine (C=N–C) groups is 1. The van der Waals surface area contributed by atoms with Gasteiger partial charge in [-0.3, -0.25) is 14.0 Å². The van der Waals surface area contributed by atoms with Crippen LogP contribution in [-0.4, -0.2) is 48.0 Å². The van der Waals surface area contributed by atoms with Crippen LogP contribution in [-0.2, 0) is 9.73 Å². The summed E-state index contributed by atoms with van der Waals surface area (Å²) in [4.78, 5) is 6.49. The van der Waals surface area contributed by atoms with Crippen molar-refractivity contribution in [3.05, 3.63) is 28.8 Å². The van der Waals surface area contributed by atoms with Gasteiger partial charge in [-0.25, -0.2) is 0 Å². The van der Waals surface area contributed by atoms with E-state index in [2.05, 4.69) is 22.7 Å². The van der Waals surface area contributed by atoms with E-state index in [4.69, 9.17) is 21.1 Å². The summed E-state index contributed by atoms with van der Waals surface area (Å²) in [6, 6.07) is 3.70. The molecule has 1 fully saturated rings. The van der Waals surface area contributed by atoms with Crippen molar-refractivity contribution < 1.29 is 8.95 Å². The number of methoxy groups -OCH3 is 1. The summed E-state index contributed by atoms with van der Waals surface area (Å²) in [6.07, 6.45) is 6.54. The summed E-state index contributed by atoms with van der Waals surface area (Å²) in [7, 11) is -0.808. The summed E-state index contributed by atoms with van der Waals surface area (Å²) in [6.45, 7) is 7.54. The number of piperidine rings is 1. The lowest BCUT2D eigenvalue weighted by Gasteiger charge is -2.35. The number of halogens is 1. The molecule has 0 aromatic heterocycles. The molecule has 2 rings (SSSR count). The maximum absolute atomic E-state index is 11.6. The second kappa shape index (κ2) is 8.91. The molecule has 1 N–H and O–H groups in total. The average molecular weight is 398 g/mol. The number of ether oxygens (including phenoxy) is 1. The van der Waals surface area contributed by atoms with Crippen molar-refractivity contribution in [2.24, 2.45) is 10.9 Å². The third-order valence-electron chi connectivity index (χ3n) is 4.86. The quantitative estimate of drug-likeness (QED) is 0.670. The first-order valence-corrected chi connectivity index (χ1v) is 11.3. The highest BCUT2D eigenvalue weighted by molar-refractivity contribution is 7.91. The number of likely N-dealkylation sites (tertiary alicyclic amines) is 1. The second-order valence-corrected chi connectivity index (χ2v) is 9.59. The molecule has 1 aromatic rings. The Bertz CT molecular complexity index is 782. The topological polar surface area (TPSA) is 65.8 Å². The predicted octanol–water partition coefficient (Wildman–Crippen LogP) is 4.82. The van der Waals surface area contributed by atoms with E-state index in [1.165, 1.54) is 6.26 Å². The van der Waals surface area contributed by atoms with Crippen LogP contribution in [0, 0.1) is 10.7 Å². The molecule has 0 radical (unpaired) electrons. The highest BCUT2D eigenvalue weighted by atomic mass is 35.5. The van der Waals surface area contributed by atoms with Crippen molar-refractivity contribution >= 4 is 39.4 Å². The van der Waals surface area contributed by atoms with Crippen molar-refractivity contribution in [3.63, 3.8) is 0 Å². The molecule has 1 atom stereocenters. The van der Waals surface area contributed by atoms with Gasteiger partial charge in [-0.15, -0.1) is 0 Å². The first-order chi connectivity index (χ1) is 12.3. The minimum absolute atomic E-state index is 0.493. The highest BCUT2D eigenvalue weighted by Gasteiger charge is 2.23. The van der Waals surface area contributed by atoms with Crippen LogP contribution in [0.5, 0.6) is 5.75 Å². The Morgan fingerprint density at radius 2 is 2.15 bits per heavy atom. The number of hydrogen-bond acceptors (Lipinski definition) is 5. The van der Waals surface area contributed by atoms with Crippen LogP contribution in [0.15, 0.2) is 23.2 Å². The van der Waals surface area contributed by atoms with Gasteiger partial charge in [-0.1, -0.05) is 17.7 Å². The van der Waals surface area contributed by atoms with Gasteiger partial charge in [0.1, 0.15) is 5.75 Å². The Hall–Kier alpha value is -1.53. The van der Waals surface area contributed by atoms with E-state index in [0.29, 0.717) is 22.4 Å². The molecular weight excluding hydrogens is 370 g/mol. The largest absolute Gasteiger partial charge is 0.495 e. The molecule has 0 amide bonds. The molecule has 0 saturated carbocycles. The summed E-state index contributed by atoms with van der Waals surface area (Å²) < 4.78 is 24.4. The van der Waals surface area contributed by atoms with E-state index >= 15 is 0 Å². The summed E-state index contributed by atoms with van der Waals surface area (Å²) >= 11 is 6.33. The van der Waals surface area contributed by atoms with Crippen molar-refractivity contribution in [1.82, 2.24) is 4.90 Å². The fourth-order valence-electron chi connectivity index (χ4n) is 3.40. The number of benzene rings is 1. The van der Waals surface area contributed by atoms with Gasteiger partial charge in [0.15, 0.2) is 0 Å². The minimum atomic E-state index is -2.39. The van der Waals surface area contributed by atoms with Crippen LogP contribution in [0.1, 0.15) is 31.7 Å². The van der Waals surface area contributed by atoms with E-state index in [9.17, 15) is 4.21 Å². The van der Waals surface area contributed by atoms with E-state index in [-0.39, 0.29) is 0 Å². The number of nitrogens with zero attached hydrogens (tertiary/aromatic N) is 2. The van der Waals surface area contributed by atoms with E-state index in [1.54, 1.807) is 7.11 Å². The zero-order chi connectivity index (χ0) is 19.3. The molecule has 0 bridgehead atoms. The van der Waals surface area contributed by atoms with E-state index in [0.717, 1.165) is 49.3 Å². The number of hydrogen-bond donors (Lipinski definition) is 1. The second-order valence-electron chi connectivity index (χ2n) is 6.76. The number of allylic oxidation sites excluding steroid dienone is 1. The fourth-order valence-corrected chi connectivity index (χ4v) is 4.42. The Kier molecular flexibility index (Phi) is 7.12. The zero-order valence-corrected chi connectivity index (χ0v) is 17.3. The van der Waals surface area contributed by atoms with Crippen molar-refractivity contribution in [2.45, 2.75) is 26.2 Å². The van der Waals surface area contributed by atoms with Crippen LogP contribution in [0.4, 0.5) is 5.69 Å². The summed E-state index contributed by atoms with van der Waals surface area (Å²) in [5.41, 5.74) is 2.80. The molecule has 7 heteroatoms. The molecule has 144 valence electrons. The molecule has 1 unspecified atom stereocenters. The van der Waals surface area contributed by atoms with Gasteiger partial charge in [0.25, 0.3) is 0 Å². The Labute approximate surface area is 162 Å². The molecule has 0 spiro atoms. The van der Waals surface area contributed by atoms with Crippen LogP contribution in [0.2, 0.25) is 5.02 Å². The smallest absolute Gasteiger partial charge is 0.139 e. The zero-order valence-electron chi connectivity index (χ0n) is 15.8. The average Bonchev–Trinajstić information content (AvgIpc) is 2.61. The standard InChI is InChI=1S/C19H28ClN3O2S/c1-5-18(15-12-16(20)19(25-3)13-17(15)22-2)23-9-6-14(7-10-23)8-11-26(4,21)24/h5,12-14,21H,2,6-11H2,1,3-4H3/b18-5+. The molecule has 1 heterocycles. The Morgan fingerprint density at radius 1 is 1.50 bits per heavy atom. The fraction of sp³-hybridized carbons (Fsp3) is 0.526. The van der Waals surface area contributed by atoms with Gasteiger partial charge in [0.2, 0.25) is 0 Å². The maximum atomic E-state index is 11.6. The number of nitrogens with one attached hydrogen (secondary N) is 1. The van der Waals surface area contributed by atoms with Gasteiger partial charge in [0.05, 0.1) is 17.8 Å². The molecule has 1 aromatic carbocycles. The minimum Gasteiger partial charge on any atom is -0.495 e. The first-order valence-electron chi connectivity index (χ1n) is 8.76. The first kappa shape index (κ1) is 20.8. The van der Waals surface area contributed by atoms with Crippen molar-refractivity contribution in [3.8, 4) is 5.75 Å². The van der Waals surface area contributed by atoms with Crippen molar-refractivity contribution in [2.75, 3.05) is 32.2 Å². The molecular formula is C19H28ClN3O2S. The van der Waals surface area contributed by atoms with Crippen LogP contribution in [0.3, 0.4) is 0 Å². The highest BCUT2D eigenvalue weighted by Crippen LogP contribution is 2.38. The van der Waals surface area contributed by atoms with Crippen LogP contribution < -0.4 is 4.74 Å². The third kappa shape index (κ3) is 5.24. The summed E-state index contributed by atoms with van der Waals surface area (Å²) in [5, 5.41) is 0.553. The lowest BCUT2D eigenvalue weighted by atomic mass is 9.93. The molecule has 26 heavy (non-hydrogen) atoms. The predicted molar refractivity (Wildman–Crippen MR) is 111 cm³/mol. The third-order valence-corrected chi connectivity index (χ3v) is 6.17. The van der Waals surface area contributed by atoms with E-state index < -0.39 is 9.73 Å². The number of rotatable bonds is 7. The maximum Gasteiger partial charge on any atom is 0.139 e. The molecule has 1 aliphatic heterocycles. The van der Waals surface area contributed by atoms with Gasteiger partial charge >= 0.3 is 0 Å². The van der Waals surface area contributed by atoms with Crippen molar-refractivity contribution in [1.29, 1.82) is 4.78 Å². The SMILES string of the molecule is C=Nc1cc(OC)c(Cl)cc1/C(=C\C)N1CCC(CCS(C)(=N)=O)CC1. The van der Waals surface area contributed by atoms with E-state index in [1.807, 2.05) is 19.1 Å². The Balaban J connectivity index is 2.14. The molecule has 1 aliphatic rings. The van der Waals surface area contributed by atoms with Gasteiger partial charge in [-0.2, -0.15) is 0 Å². The Morgan fingerprint density at radius 3 is 2.65 bits per heavy atom. The van der Waals surface area contributed by atoms with Crippen LogP contribution in [0.25, 0.3) is 5.70 Å². The monoisotopic (exact) mass is 397 g/mol. The van der Waals surface area contributed by atoms with Gasteiger partial charge in [-0.05, 0) is 44.9 Å². The molecule has 5 nitrogen and oxygen atoms in total. The lowest BCUT2D eigenvalue weighted by Crippen LogP contribution is -2.33. The lowest BCUT2D eigenvalue weighted by molar-refractivity contribution is 0.251. The van der Waals surface area contributed by atoms with Gasteiger partial charge < -0.3 is 9.64 Å². The van der Waals surface area contributed by atoms with Gasteiger partial charge in [0, 0.05) is 52.2 Å². The molecule has 1 saturated heterocycles. The summed E-state index contributed by atoms with van der Waals surface area (Å²) in [5.74, 6) is 1.62. The normalized spacial score (nSPS) is 18.5. The van der Waals surface area contributed by atoms with Crippen LogP contribution >= 0.6 is 11.6 Å².